The van der Waals surface area contributed by atoms with Crippen LogP contribution < -0.4 is 15.4 Å². The van der Waals surface area contributed by atoms with Crippen molar-refractivity contribution in [1.29, 1.82) is 0 Å². The van der Waals surface area contributed by atoms with Crippen LogP contribution in [0.5, 0.6) is 11.5 Å². The average molecular weight is 558 g/mol. The number of benzene rings is 4. The van der Waals surface area contributed by atoms with Gasteiger partial charge in [-0.3, -0.25) is 14.6 Å². The number of aromatic nitrogens is 1. The largest absolute Gasteiger partial charge is 0.508 e. The van der Waals surface area contributed by atoms with Crippen LogP contribution in [0.3, 0.4) is 0 Å². The van der Waals surface area contributed by atoms with E-state index in [-0.39, 0.29) is 22.8 Å². The molecular formula is C34H27N3O5. The second kappa shape index (κ2) is 12.2. The fourth-order valence-electron chi connectivity index (χ4n) is 4.17. The lowest BCUT2D eigenvalue weighted by atomic mass is 10.0. The maximum Gasteiger partial charge on any atom is 0.345 e. The van der Waals surface area contributed by atoms with Gasteiger partial charge in [0.2, 0.25) is 0 Å². The molecule has 1 heterocycles. The van der Waals surface area contributed by atoms with Gasteiger partial charge in [0.15, 0.2) is 0 Å². The highest BCUT2D eigenvalue weighted by atomic mass is 16.5. The maximum absolute atomic E-state index is 13.1. The molecule has 208 valence electrons. The number of carbonyl (C=O) groups is 3. The number of amides is 2. The lowest BCUT2D eigenvalue weighted by Gasteiger charge is -2.13. The molecule has 8 heteroatoms. The van der Waals surface area contributed by atoms with E-state index >= 15 is 0 Å². The number of ether oxygens (including phenoxy) is 1. The van der Waals surface area contributed by atoms with Gasteiger partial charge in [-0.1, -0.05) is 48.0 Å². The van der Waals surface area contributed by atoms with Gasteiger partial charge >= 0.3 is 5.97 Å². The third-order valence-corrected chi connectivity index (χ3v) is 6.54. The van der Waals surface area contributed by atoms with Crippen LogP contribution in [-0.2, 0) is 0 Å². The molecule has 1 aromatic heterocycles. The Balaban J connectivity index is 1.27. The Morgan fingerprint density at radius 3 is 2.17 bits per heavy atom. The molecule has 0 aliphatic rings. The van der Waals surface area contributed by atoms with Crippen molar-refractivity contribution in [3.8, 4) is 22.6 Å². The van der Waals surface area contributed by atoms with Gasteiger partial charge in [-0.2, -0.15) is 0 Å². The van der Waals surface area contributed by atoms with Gasteiger partial charge in [0.25, 0.3) is 11.8 Å². The fourth-order valence-corrected chi connectivity index (χ4v) is 4.17. The van der Waals surface area contributed by atoms with Crippen LogP contribution >= 0.6 is 0 Å². The number of phenols is 1. The Hall–Kier alpha value is -5.76. The summed E-state index contributed by atoms with van der Waals surface area (Å²) in [6, 6.07) is 27.5. The highest BCUT2D eigenvalue weighted by molar-refractivity contribution is 6.07. The van der Waals surface area contributed by atoms with Gasteiger partial charge in [-0.15, -0.1) is 0 Å². The molecule has 0 aliphatic carbocycles. The third-order valence-electron chi connectivity index (χ3n) is 6.54. The van der Waals surface area contributed by atoms with Gasteiger partial charge in [-0.05, 0) is 85.1 Å². The minimum absolute atomic E-state index is 0.134. The minimum Gasteiger partial charge on any atom is -0.508 e. The number of pyridine rings is 1. The van der Waals surface area contributed by atoms with Crippen LogP contribution in [0.15, 0.2) is 109 Å². The molecule has 2 amide bonds. The number of phenolic OH excluding ortho intramolecular Hbond substituents is 1. The number of carbonyl (C=O) groups excluding carboxylic acids is 3. The number of nitrogens with zero attached hydrogens (tertiary/aromatic N) is 1. The molecule has 3 N–H and O–H groups in total. The number of hydrogen-bond donors (Lipinski definition) is 3. The monoisotopic (exact) mass is 557 g/mol. The zero-order chi connectivity index (χ0) is 29.6. The van der Waals surface area contributed by atoms with Crippen LogP contribution in [0.2, 0.25) is 0 Å². The van der Waals surface area contributed by atoms with E-state index in [1.54, 1.807) is 72.8 Å². The first-order valence-electron chi connectivity index (χ1n) is 13.1. The van der Waals surface area contributed by atoms with Gasteiger partial charge in [-0.25, -0.2) is 4.79 Å². The summed E-state index contributed by atoms with van der Waals surface area (Å²) in [4.78, 5) is 42.8. The lowest BCUT2D eigenvalue weighted by Crippen LogP contribution is -2.16. The summed E-state index contributed by atoms with van der Waals surface area (Å²) in [6.45, 7) is 3.78. The molecule has 0 spiro atoms. The molecule has 5 rings (SSSR count). The van der Waals surface area contributed by atoms with E-state index in [1.807, 2.05) is 32.0 Å². The Morgan fingerprint density at radius 2 is 1.40 bits per heavy atom. The van der Waals surface area contributed by atoms with Gasteiger partial charge in [0.1, 0.15) is 11.5 Å². The van der Waals surface area contributed by atoms with Crippen LogP contribution in [0.1, 0.15) is 42.2 Å². The van der Waals surface area contributed by atoms with Crippen molar-refractivity contribution < 1.29 is 24.2 Å². The summed E-state index contributed by atoms with van der Waals surface area (Å²) in [5.74, 6) is -0.862. The molecule has 0 bridgehead atoms. The molecule has 5 aromatic rings. The van der Waals surface area contributed by atoms with E-state index in [4.69, 9.17) is 4.74 Å². The number of rotatable bonds is 7. The zero-order valence-corrected chi connectivity index (χ0v) is 22.9. The molecular weight excluding hydrogens is 530 g/mol. The molecule has 0 atom stereocenters. The van der Waals surface area contributed by atoms with Crippen molar-refractivity contribution in [3.63, 3.8) is 0 Å². The summed E-state index contributed by atoms with van der Waals surface area (Å²) in [7, 11) is 0. The number of aromatic hydroxyl groups is 1. The summed E-state index contributed by atoms with van der Waals surface area (Å²) < 4.78 is 5.39. The highest BCUT2D eigenvalue weighted by Crippen LogP contribution is 2.25. The van der Waals surface area contributed by atoms with Crippen molar-refractivity contribution in [2.75, 3.05) is 10.6 Å². The molecule has 0 aliphatic heterocycles. The molecule has 0 radical (unpaired) electrons. The predicted molar refractivity (Wildman–Crippen MR) is 161 cm³/mol. The van der Waals surface area contributed by atoms with Gasteiger partial charge in [0, 0.05) is 29.3 Å². The third kappa shape index (κ3) is 6.68. The Morgan fingerprint density at radius 1 is 0.690 bits per heavy atom. The van der Waals surface area contributed by atoms with Crippen molar-refractivity contribution in [2.45, 2.75) is 13.8 Å². The second-order valence-electron chi connectivity index (χ2n) is 9.73. The standard InChI is InChI=1S/C34H27N3O5/c1-21-6-14-30(15-7-21)42-34(41)27-17-26(19-35-20-27)33(40)36-28-11-8-22(2)31(18-28)37-32(39)25-5-3-4-24(16-25)23-9-12-29(38)13-10-23/h3-20,38H,1-2H3,(H,36,40)(H,37,39). The van der Waals surface area contributed by atoms with Crippen molar-refractivity contribution in [3.05, 3.63) is 137 Å². The number of esters is 1. The lowest BCUT2D eigenvalue weighted by molar-refractivity contribution is 0.0734. The normalized spacial score (nSPS) is 10.5. The van der Waals surface area contributed by atoms with E-state index < -0.39 is 11.9 Å². The summed E-state index contributed by atoms with van der Waals surface area (Å²) in [5, 5.41) is 15.3. The topological polar surface area (TPSA) is 118 Å². The maximum atomic E-state index is 13.1. The molecule has 0 unspecified atom stereocenters. The molecule has 4 aromatic carbocycles. The fraction of sp³-hybridized carbons (Fsp3) is 0.0588. The van der Waals surface area contributed by atoms with Crippen LogP contribution in [0.4, 0.5) is 11.4 Å². The first-order valence-corrected chi connectivity index (χ1v) is 13.1. The highest BCUT2D eigenvalue weighted by Gasteiger charge is 2.15. The van der Waals surface area contributed by atoms with E-state index in [9.17, 15) is 19.5 Å². The molecule has 42 heavy (non-hydrogen) atoms. The summed E-state index contributed by atoms with van der Waals surface area (Å²) in [5.41, 5.74) is 5.28. The average Bonchev–Trinajstić information content (AvgIpc) is 3.00. The van der Waals surface area contributed by atoms with E-state index in [1.165, 1.54) is 18.5 Å². The summed E-state index contributed by atoms with van der Waals surface area (Å²) >= 11 is 0. The molecule has 8 nitrogen and oxygen atoms in total. The Bertz CT molecular complexity index is 1780. The molecule has 0 saturated carbocycles. The number of anilines is 2. The van der Waals surface area contributed by atoms with Crippen LogP contribution in [0, 0.1) is 13.8 Å². The number of nitrogens with one attached hydrogen (secondary N) is 2. The van der Waals surface area contributed by atoms with E-state index in [2.05, 4.69) is 15.6 Å². The first kappa shape index (κ1) is 27.8. The molecule has 0 saturated heterocycles. The van der Waals surface area contributed by atoms with Crippen LogP contribution in [0.25, 0.3) is 11.1 Å². The summed E-state index contributed by atoms with van der Waals surface area (Å²) in [6.07, 6.45) is 2.69. The van der Waals surface area contributed by atoms with Crippen LogP contribution in [-0.4, -0.2) is 27.9 Å². The van der Waals surface area contributed by atoms with E-state index in [0.29, 0.717) is 22.7 Å². The predicted octanol–water partition coefficient (Wildman–Crippen LogP) is 6.79. The zero-order valence-electron chi connectivity index (χ0n) is 22.9. The van der Waals surface area contributed by atoms with Crippen molar-refractivity contribution in [2.24, 2.45) is 0 Å². The van der Waals surface area contributed by atoms with Crippen molar-refractivity contribution in [1.82, 2.24) is 4.98 Å². The van der Waals surface area contributed by atoms with E-state index in [0.717, 1.165) is 22.3 Å². The Labute approximate surface area is 242 Å². The smallest absolute Gasteiger partial charge is 0.345 e. The van der Waals surface area contributed by atoms with Gasteiger partial charge < -0.3 is 20.5 Å². The second-order valence-corrected chi connectivity index (χ2v) is 9.73. The van der Waals surface area contributed by atoms with Gasteiger partial charge in [0.05, 0.1) is 11.1 Å². The number of hydrogen-bond acceptors (Lipinski definition) is 6. The minimum atomic E-state index is -0.629. The Kier molecular flexibility index (Phi) is 8.06. The molecule has 0 fully saturated rings. The number of aryl methyl sites for hydroxylation is 2. The first-order chi connectivity index (χ1) is 20.2. The quantitative estimate of drug-likeness (QED) is 0.150. The van der Waals surface area contributed by atoms with Crippen molar-refractivity contribution >= 4 is 29.2 Å². The SMILES string of the molecule is Cc1ccc(OC(=O)c2cncc(C(=O)Nc3ccc(C)c(NC(=O)c4cccc(-c5ccc(O)cc5)c4)c3)c2)cc1.